The third kappa shape index (κ3) is 4.72. The molecule has 3 aromatic rings. The Morgan fingerprint density at radius 1 is 1.13 bits per heavy atom. The van der Waals surface area contributed by atoms with Crippen LogP contribution in [0.25, 0.3) is 11.5 Å². The fourth-order valence-corrected chi connectivity index (χ4v) is 3.91. The Bertz CT molecular complexity index is 1090. The van der Waals surface area contributed by atoms with Crippen molar-refractivity contribution in [2.24, 2.45) is 0 Å². The van der Waals surface area contributed by atoms with Crippen molar-refractivity contribution in [1.82, 2.24) is 10.2 Å². The van der Waals surface area contributed by atoms with Gasteiger partial charge in [0.05, 0.1) is 11.4 Å². The second kappa shape index (κ2) is 9.22. The summed E-state index contributed by atoms with van der Waals surface area (Å²) in [5.74, 6) is 0.744. The van der Waals surface area contributed by atoms with Crippen LogP contribution in [-0.4, -0.2) is 47.3 Å². The Morgan fingerprint density at radius 3 is 2.65 bits per heavy atom. The van der Waals surface area contributed by atoms with Gasteiger partial charge in [0.15, 0.2) is 12.4 Å². The topological polar surface area (TPSA) is 97.6 Å². The van der Waals surface area contributed by atoms with Gasteiger partial charge >= 0.3 is 0 Å². The summed E-state index contributed by atoms with van der Waals surface area (Å²) in [5, 5.41) is 11.2. The van der Waals surface area contributed by atoms with Gasteiger partial charge in [-0.1, -0.05) is 11.8 Å². The van der Waals surface area contributed by atoms with Gasteiger partial charge in [-0.15, -0.1) is 10.2 Å². The van der Waals surface area contributed by atoms with Gasteiger partial charge in [0.25, 0.3) is 11.1 Å². The number of anilines is 2. The number of carbonyl (C=O) groups excluding carboxylic acids is 2. The van der Waals surface area contributed by atoms with E-state index in [2.05, 4.69) is 34.3 Å². The van der Waals surface area contributed by atoms with Crippen molar-refractivity contribution in [3.05, 3.63) is 48.0 Å². The smallest absolute Gasteiger partial charge is 0.277 e. The second-order valence-electron chi connectivity index (χ2n) is 6.85. The summed E-state index contributed by atoms with van der Waals surface area (Å²) in [5.41, 5.74) is 2.94. The lowest BCUT2D eigenvalue weighted by atomic mass is 10.1. The molecule has 0 spiro atoms. The van der Waals surface area contributed by atoms with Crippen LogP contribution in [-0.2, 0) is 4.79 Å². The van der Waals surface area contributed by atoms with E-state index in [-0.39, 0.29) is 24.1 Å². The van der Waals surface area contributed by atoms with Crippen molar-refractivity contribution in [2.45, 2.75) is 19.1 Å². The van der Waals surface area contributed by atoms with Gasteiger partial charge in [0.1, 0.15) is 5.75 Å². The van der Waals surface area contributed by atoms with Crippen molar-refractivity contribution < 1.29 is 18.7 Å². The zero-order chi connectivity index (χ0) is 21.8. The lowest BCUT2D eigenvalue weighted by molar-refractivity contribution is -0.118. The number of rotatable bonds is 8. The lowest BCUT2D eigenvalue weighted by Gasteiger charge is -2.20. The first kappa shape index (κ1) is 20.9. The lowest BCUT2D eigenvalue weighted by Crippen LogP contribution is -2.25. The highest BCUT2D eigenvalue weighted by Crippen LogP contribution is 2.30. The van der Waals surface area contributed by atoms with Gasteiger partial charge in [-0.25, -0.2) is 0 Å². The van der Waals surface area contributed by atoms with E-state index in [1.807, 2.05) is 24.3 Å². The van der Waals surface area contributed by atoms with Gasteiger partial charge in [0, 0.05) is 29.9 Å². The molecule has 1 N–H and O–H groups in total. The Kier molecular flexibility index (Phi) is 6.22. The molecule has 0 aliphatic carbocycles. The molecule has 9 heteroatoms. The van der Waals surface area contributed by atoms with E-state index in [0.29, 0.717) is 28.1 Å². The highest BCUT2D eigenvalue weighted by molar-refractivity contribution is 7.99. The minimum atomic E-state index is -0.241. The zero-order valence-electron chi connectivity index (χ0n) is 17.3. The number of nitrogens with one attached hydrogen (secondary N) is 1. The Balaban J connectivity index is 1.39. The molecule has 1 aromatic heterocycles. The summed E-state index contributed by atoms with van der Waals surface area (Å²) >= 11 is 1.18. The molecule has 1 aliphatic heterocycles. The summed E-state index contributed by atoms with van der Waals surface area (Å²) in [6.45, 7) is 6.10. The molecular weight excluding hydrogens is 416 g/mol. The number of aromatic nitrogens is 2. The summed E-state index contributed by atoms with van der Waals surface area (Å²) in [7, 11) is 0. The van der Waals surface area contributed by atoms with Crippen molar-refractivity contribution in [1.29, 1.82) is 0 Å². The Morgan fingerprint density at radius 2 is 1.90 bits per heavy atom. The van der Waals surface area contributed by atoms with E-state index >= 15 is 0 Å². The summed E-state index contributed by atoms with van der Waals surface area (Å²) < 4.78 is 11.0. The van der Waals surface area contributed by atoms with E-state index < -0.39 is 0 Å². The van der Waals surface area contributed by atoms with Crippen molar-refractivity contribution in [2.75, 3.05) is 35.7 Å². The molecule has 160 valence electrons. The van der Waals surface area contributed by atoms with Crippen LogP contribution < -0.4 is 15.0 Å². The van der Waals surface area contributed by atoms with E-state index in [0.717, 1.165) is 24.3 Å². The molecule has 31 heavy (non-hydrogen) atoms. The van der Waals surface area contributed by atoms with Crippen LogP contribution in [0.4, 0.5) is 11.4 Å². The van der Waals surface area contributed by atoms with E-state index in [1.54, 1.807) is 18.2 Å². The van der Waals surface area contributed by atoms with Crippen molar-refractivity contribution >= 4 is 34.8 Å². The van der Waals surface area contributed by atoms with Crippen LogP contribution in [0.5, 0.6) is 5.75 Å². The van der Waals surface area contributed by atoms with Gasteiger partial charge < -0.3 is 19.4 Å². The monoisotopic (exact) mass is 438 g/mol. The van der Waals surface area contributed by atoms with E-state index in [1.165, 1.54) is 11.8 Å². The first-order valence-corrected chi connectivity index (χ1v) is 11.0. The van der Waals surface area contributed by atoms with Crippen LogP contribution in [0.1, 0.15) is 24.2 Å². The molecule has 0 bridgehead atoms. The molecule has 0 unspecified atom stereocenters. The second-order valence-corrected chi connectivity index (χ2v) is 7.78. The largest absolute Gasteiger partial charge is 0.482 e. The average Bonchev–Trinajstić information content (AvgIpc) is 3.27. The Labute approximate surface area is 184 Å². The molecule has 2 aromatic carbocycles. The molecule has 2 heterocycles. The molecule has 0 atom stereocenters. The number of fused-ring (bicyclic) bond motifs is 1. The zero-order valence-corrected chi connectivity index (χ0v) is 18.1. The fourth-order valence-electron chi connectivity index (χ4n) is 3.26. The molecule has 0 radical (unpaired) electrons. The molecule has 0 fully saturated rings. The predicted octanol–water partition coefficient (Wildman–Crippen LogP) is 3.89. The quantitative estimate of drug-likeness (QED) is 0.418. The number of Topliss-reactive ketones (excluding diaryl/α,β-unsaturated/α-hetero) is 1. The van der Waals surface area contributed by atoms with Crippen LogP contribution in [0, 0.1) is 0 Å². The number of hydrogen-bond acceptors (Lipinski definition) is 8. The number of thioether (sulfide) groups is 1. The molecular formula is C22H22N4O4S. The molecule has 1 aliphatic rings. The van der Waals surface area contributed by atoms with Gasteiger partial charge in [-0.05, 0) is 56.3 Å². The first-order valence-electron chi connectivity index (χ1n) is 9.99. The number of hydrogen-bond donors (Lipinski definition) is 1. The summed E-state index contributed by atoms with van der Waals surface area (Å²) in [6.07, 6.45) is 0. The maximum Gasteiger partial charge on any atom is 0.277 e. The number of benzene rings is 2. The molecule has 1 amide bonds. The normalized spacial score (nSPS) is 12.6. The number of nitrogens with zero attached hydrogens (tertiary/aromatic N) is 3. The summed E-state index contributed by atoms with van der Waals surface area (Å²) in [6, 6.07) is 12.9. The number of ketones is 1. The van der Waals surface area contributed by atoms with Crippen LogP contribution in [0.3, 0.4) is 0 Å². The number of carbonyl (C=O) groups is 2. The highest BCUT2D eigenvalue weighted by Gasteiger charge is 2.19. The van der Waals surface area contributed by atoms with Crippen LogP contribution >= 0.6 is 11.8 Å². The van der Waals surface area contributed by atoms with Crippen LogP contribution in [0.2, 0.25) is 0 Å². The SMILES string of the molecule is CCN(CC)c1ccc(-c2nnc(SCC(=O)c3ccc4c(c3)NC(=O)CO4)o2)cc1. The molecule has 0 saturated carbocycles. The van der Waals surface area contributed by atoms with Gasteiger partial charge in [-0.3, -0.25) is 9.59 Å². The molecule has 8 nitrogen and oxygen atoms in total. The maximum atomic E-state index is 12.6. The van der Waals surface area contributed by atoms with Gasteiger partial charge in [-0.2, -0.15) is 0 Å². The number of amides is 1. The van der Waals surface area contributed by atoms with E-state index in [4.69, 9.17) is 9.15 Å². The fraction of sp³-hybridized carbons (Fsp3) is 0.273. The highest BCUT2D eigenvalue weighted by atomic mass is 32.2. The van der Waals surface area contributed by atoms with Gasteiger partial charge in [0.2, 0.25) is 5.89 Å². The maximum absolute atomic E-state index is 12.6. The average molecular weight is 439 g/mol. The minimum absolute atomic E-state index is 0.0200. The van der Waals surface area contributed by atoms with Crippen LogP contribution in [0.15, 0.2) is 52.1 Å². The first-order chi connectivity index (χ1) is 15.1. The predicted molar refractivity (Wildman–Crippen MR) is 119 cm³/mol. The molecule has 4 rings (SSSR count). The third-order valence-corrected chi connectivity index (χ3v) is 5.73. The number of ether oxygens (including phenoxy) is 1. The standard InChI is InChI=1S/C22H22N4O4S/c1-3-26(4-2)16-8-5-14(6-9-16)21-24-25-22(30-21)31-13-18(27)15-7-10-19-17(11-15)23-20(28)12-29-19/h5-11H,3-4,12-13H2,1-2H3,(H,23,28). The summed E-state index contributed by atoms with van der Waals surface area (Å²) in [4.78, 5) is 26.3. The third-order valence-electron chi connectivity index (χ3n) is 4.91. The van der Waals surface area contributed by atoms with Crippen molar-refractivity contribution in [3.8, 4) is 17.2 Å². The van der Waals surface area contributed by atoms with Crippen molar-refractivity contribution in [3.63, 3.8) is 0 Å². The van der Waals surface area contributed by atoms with E-state index in [9.17, 15) is 9.59 Å². The molecule has 0 saturated heterocycles. The Hall–Kier alpha value is -3.33. The minimum Gasteiger partial charge on any atom is -0.482 e.